The van der Waals surface area contributed by atoms with Crippen LogP contribution in [-0.4, -0.2) is 37.5 Å². The molecular weight excluding hydrogens is 382 g/mol. The number of carboxylic acids is 1. The maximum absolute atomic E-state index is 10.4. The Balaban J connectivity index is 4.50. The average molecular weight is 408 g/mol. The Hall–Kier alpha value is 0.570. The maximum atomic E-state index is 10.4. The average Bonchev–Trinajstić information content (AvgIpc) is 2.42. The molecule has 138 valence electrons. The quantitative estimate of drug-likeness (QED) is 0.316. The van der Waals surface area contributed by atoms with Crippen molar-refractivity contribution < 1.29 is 32.3 Å². The molecule has 0 amide bonds. The Morgan fingerprint density at radius 2 is 1.35 bits per heavy atom. The highest BCUT2D eigenvalue weighted by atomic mass is 32.5. The first-order valence-electron chi connectivity index (χ1n) is 7.52. The molecule has 0 radical (unpaired) electrons. The lowest BCUT2D eigenvalue weighted by atomic mass is 10.2. The number of rotatable bonds is 15. The minimum absolute atomic E-state index is 0.144. The van der Waals surface area contributed by atoms with Gasteiger partial charge in [0, 0.05) is 6.42 Å². The van der Waals surface area contributed by atoms with E-state index in [-0.39, 0.29) is 6.42 Å². The monoisotopic (exact) mass is 408 g/mol. The summed E-state index contributed by atoms with van der Waals surface area (Å²) in [5.41, 5.74) is 0. The lowest BCUT2D eigenvalue weighted by Crippen LogP contribution is -2.04. The van der Waals surface area contributed by atoms with Crippen LogP contribution in [0.5, 0.6) is 0 Å². The van der Waals surface area contributed by atoms with Gasteiger partial charge in [-0.15, -0.1) is 0 Å². The van der Waals surface area contributed by atoms with Crippen molar-refractivity contribution in [3.8, 4) is 0 Å². The van der Waals surface area contributed by atoms with Gasteiger partial charge < -0.3 is 23.2 Å². The molecule has 0 aromatic heterocycles. The van der Waals surface area contributed by atoms with E-state index < -0.39 is 19.4 Å². The fraction of sp³-hybridized carbons (Fsp3) is 0.917. The van der Waals surface area contributed by atoms with Gasteiger partial charge in [0.15, 0.2) is 0 Å². The highest BCUT2D eigenvalue weighted by molar-refractivity contribution is 8.14. The SMILES string of the molecule is CCOP(=S)(OCC)OP(=S)(OCC)OCCCCCC(=O)O. The van der Waals surface area contributed by atoms with Gasteiger partial charge in [-0.2, -0.15) is 0 Å². The zero-order valence-electron chi connectivity index (χ0n) is 13.8. The van der Waals surface area contributed by atoms with Gasteiger partial charge in [-0.1, -0.05) is 6.42 Å². The van der Waals surface area contributed by atoms with Crippen LogP contribution in [0.4, 0.5) is 0 Å². The highest BCUT2D eigenvalue weighted by Gasteiger charge is 2.32. The second kappa shape index (κ2) is 12.9. The van der Waals surface area contributed by atoms with Crippen LogP contribution >= 0.6 is 13.4 Å². The molecule has 0 heterocycles. The van der Waals surface area contributed by atoms with E-state index in [4.69, 9.17) is 51.1 Å². The second-order valence-corrected chi connectivity index (χ2v) is 10.4. The Morgan fingerprint density at radius 1 is 0.870 bits per heavy atom. The van der Waals surface area contributed by atoms with Crippen molar-refractivity contribution in [2.45, 2.75) is 46.5 Å². The Bertz CT molecular complexity index is 424. The van der Waals surface area contributed by atoms with Crippen molar-refractivity contribution in [1.29, 1.82) is 0 Å². The number of hydrogen-bond acceptors (Lipinski definition) is 8. The molecule has 0 aliphatic heterocycles. The molecule has 0 spiro atoms. The van der Waals surface area contributed by atoms with Crippen LogP contribution < -0.4 is 0 Å². The molecule has 0 aliphatic carbocycles. The zero-order valence-corrected chi connectivity index (χ0v) is 17.2. The largest absolute Gasteiger partial charge is 0.481 e. The van der Waals surface area contributed by atoms with E-state index in [0.717, 1.165) is 6.42 Å². The standard InChI is InChI=1S/C12H26O7P2S2/c1-4-15-20(22,16-5-2)19-21(23,17-6-3)18-11-9-7-8-10-12(13)14/h4-11H2,1-3H3,(H,13,14). The first-order chi connectivity index (χ1) is 10.8. The van der Waals surface area contributed by atoms with Gasteiger partial charge in [-0.05, 0) is 57.2 Å². The van der Waals surface area contributed by atoms with Crippen LogP contribution in [0.1, 0.15) is 46.5 Å². The lowest BCUT2D eigenvalue weighted by molar-refractivity contribution is -0.137. The van der Waals surface area contributed by atoms with Gasteiger partial charge in [0.1, 0.15) is 0 Å². The van der Waals surface area contributed by atoms with Gasteiger partial charge in [0.2, 0.25) is 0 Å². The van der Waals surface area contributed by atoms with Crippen molar-refractivity contribution in [3.05, 3.63) is 0 Å². The summed E-state index contributed by atoms with van der Waals surface area (Å²) in [6, 6.07) is 0. The summed E-state index contributed by atoms with van der Waals surface area (Å²) in [5, 5.41) is 8.58. The molecule has 0 saturated carbocycles. The number of unbranched alkanes of at least 4 members (excludes halogenated alkanes) is 2. The summed E-state index contributed by atoms with van der Waals surface area (Å²) < 4.78 is 27.5. The molecule has 0 saturated heterocycles. The van der Waals surface area contributed by atoms with Crippen LogP contribution in [0.25, 0.3) is 0 Å². The fourth-order valence-corrected chi connectivity index (χ4v) is 7.81. The molecule has 11 heteroatoms. The third-order valence-corrected chi connectivity index (χ3v) is 8.63. The third-order valence-electron chi connectivity index (χ3n) is 2.35. The van der Waals surface area contributed by atoms with Crippen molar-refractivity contribution in [2.24, 2.45) is 0 Å². The predicted molar refractivity (Wildman–Crippen MR) is 96.6 cm³/mol. The number of carboxylic acid groups (broad SMARTS) is 1. The number of hydrogen-bond donors (Lipinski definition) is 1. The zero-order chi connectivity index (χ0) is 17.8. The van der Waals surface area contributed by atoms with Crippen molar-refractivity contribution in [1.82, 2.24) is 0 Å². The Kier molecular flexibility index (Phi) is 13.2. The molecule has 1 unspecified atom stereocenters. The van der Waals surface area contributed by atoms with E-state index in [0.29, 0.717) is 39.3 Å². The molecular formula is C12H26O7P2S2. The smallest absolute Gasteiger partial charge is 0.334 e. The van der Waals surface area contributed by atoms with E-state index in [1.165, 1.54) is 0 Å². The highest BCUT2D eigenvalue weighted by Crippen LogP contribution is 2.66. The molecule has 7 nitrogen and oxygen atoms in total. The lowest BCUT2D eigenvalue weighted by Gasteiger charge is -2.27. The fourth-order valence-electron chi connectivity index (χ4n) is 1.50. The molecule has 0 bridgehead atoms. The predicted octanol–water partition coefficient (Wildman–Crippen LogP) is 4.22. The molecule has 0 aromatic carbocycles. The molecule has 0 aromatic rings. The summed E-state index contributed by atoms with van der Waals surface area (Å²) >= 11 is 10.6. The first kappa shape index (κ1) is 23.6. The van der Waals surface area contributed by atoms with Crippen LogP contribution in [-0.2, 0) is 50.8 Å². The van der Waals surface area contributed by atoms with E-state index >= 15 is 0 Å². The topological polar surface area (TPSA) is 83.5 Å². The Labute approximate surface area is 148 Å². The minimum Gasteiger partial charge on any atom is -0.481 e. The number of aliphatic carboxylic acids is 1. The Morgan fingerprint density at radius 3 is 1.78 bits per heavy atom. The third kappa shape index (κ3) is 11.7. The molecule has 0 aliphatic rings. The summed E-state index contributed by atoms with van der Waals surface area (Å²) in [4.78, 5) is 10.4. The summed E-state index contributed by atoms with van der Waals surface area (Å²) in [7, 11) is 0. The van der Waals surface area contributed by atoms with Crippen LogP contribution in [0.3, 0.4) is 0 Å². The summed E-state index contributed by atoms with van der Waals surface area (Å²) in [5.74, 6) is -0.803. The summed E-state index contributed by atoms with van der Waals surface area (Å²) in [6.45, 7) is 0.626. The van der Waals surface area contributed by atoms with Crippen LogP contribution in [0, 0.1) is 0 Å². The normalized spacial score (nSPS) is 14.6. The molecule has 0 rings (SSSR count). The van der Waals surface area contributed by atoms with Crippen molar-refractivity contribution >= 4 is 43.0 Å². The number of carbonyl (C=O) groups is 1. The first-order valence-corrected chi connectivity index (χ1v) is 12.6. The van der Waals surface area contributed by atoms with E-state index in [1.807, 2.05) is 0 Å². The maximum Gasteiger partial charge on any atom is 0.334 e. The van der Waals surface area contributed by atoms with Gasteiger partial charge >= 0.3 is 19.4 Å². The van der Waals surface area contributed by atoms with Gasteiger partial charge in [0.05, 0.1) is 26.4 Å². The summed E-state index contributed by atoms with van der Waals surface area (Å²) in [6.07, 6.45) is 2.12. The minimum atomic E-state index is -3.06. The second-order valence-electron chi connectivity index (χ2n) is 4.27. The van der Waals surface area contributed by atoms with E-state index in [2.05, 4.69) is 0 Å². The van der Waals surface area contributed by atoms with E-state index in [9.17, 15) is 4.79 Å². The van der Waals surface area contributed by atoms with E-state index in [1.54, 1.807) is 20.8 Å². The van der Waals surface area contributed by atoms with Gasteiger partial charge in [-0.25, -0.2) is 4.31 Å². The van der Waals surface area contributed by atoms with Crippen LogP contribution in [0.15, 0.2) is 0 Å². The van der Waals surface area contributed by atoms with Gasteiger partial charge in [0.25, 0.3) is 0 Å². The van der Waals surface area contributed by atoms with Crippen molar-refractivity contribution in [2.75, 3.05) is 26.4 Å². The molecule has 0 fully saturated rings. The van der Waals surface area contributed by atoms with Crippen LogP contribution in [0.2, 0.25) is 0 Å². The molecule has 1 atom stereocenters. The van der Waals surface area contributed by atoms with Gasteiger partial charge in [-0.3, -0.25) is 4.79 Å². The van der Waals surface area contributed by atoms with Crippen molar-refractivity contribution in [3.63, 3.8) is 0 Å². The molecule has 23 heavy (non-hydrogen) atoms. The molecule has 1 N–H and O–H groups in total.